The van der Waals surface area contributed by atoms with Gasteiger partial charge < -0.3 is 10.2 Å². The largest absolute Gasteiger partial charge is 0.327 e. The van der Waals surface area contributed by atoms with Crippen LogP contribution in [0.3, 0.4) is 0 Å². The molecule has 1 N–H and O–H groups in total. The Morgan fingerprint density at radius 3 is 2.50 bits per heavy atom. The fraction of sp³-hybridized carbons (Fsp3) is 0.222. The summed E-state index contributed by atoms with van der Waals surface area (Å²) in [4.78, 5) is 26.5. The highest BCUT2D eigenvalue weighted by Gasteiger charge is 2.34. The van der Waals surface area contributed by atoms with Gasteiger partial charge in [-0.1, -0.05) is 18.2 Å². The van der Waals surface area contributed by atoms with Crippen molar-refractivity contribution in [1.29, 1.82) is 0 Å². The molecule has 1 aliphatic rings. The molecule has 1 aliphatic heterocycles. The fourth-order valence-electron chi connectivity index (χ4n) is 2.83. The zero-order valence-corrected chi connectivity index (χ0v) is 12.8. The molecule has 2 aromatic carbocycles. The molecule has 0 saturated carbocycles. The van der Waals surface area contributed by atoms with E-state index in [1.54, 1.807) is 24.3 Å². The minimum atomic E-state index is -1.03. The van der Waals surface area contributed by atoms with E-state index in [0.29, 0.717) is 24.9 Å². The van der Waals surface area contributed by atoms with E-state index in [4.69, 9.17) is 0 Å². The van der Waals surface area contributed by atoms with E-state index in [2.05, 4.69) is 5.32 Å². The van der Waals surface area contributed by atoms with Crippen molar-refractivity contribution in [2.75, 3.05) is 11.9 Å². The molecule has 4 nitrogen and oxygen atoms in total. The second-order valence-corrected chi connectivity index (χ2v) is 5.64. The van der Waals surface area contributed by atoms with Gasteiger partial charge in [-0.3, -0.25) is 9.59 Å². The van der Waals surface area contributed by atoms with Crippen molar-refractivity contribution in [2.45, 2.75) is 18.9 Å². The molecule has 0 radical (unpaired) electrons. The lowest BCUT2D eigenvalue weighted by Gasteiger charge is -2.24. The predicted molar refractivity (Wildman–Crippen MR) is 85.5 cm³/mol. The Kier molecular flexibility index (Phi) is 4.55. The maximum atomic E-state index is 13.2. The number of nitrogens with zero attached hydrogens (tertiary/aromatic N) is 1. The van der Waals surface area contributed by atoms with Gasteiger partial charge in [0.05, 0.1) is 0 Å². The Hall–Kier alpha value is -2.76. The maximum Gasteiger partial charge on any atom is 0.254 e. The van der Waals surface area contributed by atoms with Crippen molar-refractivity contribution in [3.63, 3.8) is 0 Å². The molecule has 1 atom stereocenters. The highest BCUT2D eigenvalue weighted by Crippen LogP contribution is 2.22. The summed E-state index contributed by atoms with van der Waals surface area (Å²) in [6.45, 7) is 0.490. The third-order valence-corrected chi connectivity index (χ3v) is 4.02. The standard InChI is InChI=1S/C18H16F2N2O2/c19-14-9-8-13(11-15(14)20)21-17(23)16-7-4-10-22(16)18(24)12-5-2-1-3-6-12/h1-3,5-6,8-9,11,16H,4,7,10H2,(H,21,23)/t16-/m0/s1. The van der Waals surface area contributed by atoms with Gasteiger partial charge in [-0.15, -0.1) is 0 Å². The Morgan fingerprint density at radius 2 is 1.79 bits per heavy atom. The van der Waals surface area contributed by atoms with Crippen molar-refractivity contribution < 1.29 is 18.4 Å². The van der Waals surface area contributed by atoms with Gasteiger partial charge in [0.1, 0.15) is 6.04 Å². The van der Waals surface area contributed by atoms with Gasteiger partial charge in [0, 0.05) is 23.9 Å². The lowest BCUT2D eigenvalue weighted by molar-refractivity contribution is -0.119. The van der Waals surface area contributed by atoms with E-state index in [1.165, 1.54) is 11.0 Å². The molecule has 0 unspecified atom stereocenters. The van der Waals surface area contributed by atoms with Gasteiger partial charge in [-0.05, 0) is 37.1 Å². The van der Waals surface area contributed by atoms with E-state index < -0.39 is 23.6 Å². The topological polar surface area (TPSA) is 49.4 Å². The van der Waals surface area contributed by atoms with Gasteiger partial charge in [-0.25, -0.2) is 8.78 Å². The zero-order chi connectivity index (χ0) is 17.1. The molecule has 1 fully saturated rings. The molecule has 2 aromatic rings. The van der Waals surface area contributed by atoms with E-state index in [1.807, 2.05) is 6.07 Å². The number of nitrogens with one attached hydrogen (secondary N) is 1. The lowest BCUT2D eigenvalue weighted by atomic mass is 10.1. The maximum absolute atomic E-state index is 13.2. The first-order chi connectivity index (χ1) is 11.6. The average molecular weight is 330 g/mol. The van der Waals surface area contributed by atoms with Crippen LogP contribution < -0.4 is 5.32 Å². The number of halogens is 2. The zero-order valence-electron chi connectivity index (χ0n) is 12.8. The van der Waals surface area contributed by atoms with Crippen LogP contribution in [0.25, 0.3) is 0 Å². The summed E-state index contributed by atoms with van der Waals surface area (Å²) in [7, 11) is 0. The summed E-state index contributed by atoms with van der Waals surface area (Å²) in [6.07, 6.45) is 1.25. The summed E-state index contributed by atoms with van der Waals surface area (Å²) in [5.74, 6) is -2.62. The highest BCUT2D eigenvalue weighted by atomic mass is 19.2. The number of carbonyl (C=O) groups excluding carboxylic acids is 2. The molecule has 6 heteroatoms. The van der Waals surface area contributed by atoms with Crippen LogP contribution in [0.15, 0.2) is 48.5 Å². The number of hydrogen-bond donors (Lipinski definition) is 1. The smallest absolute Gasteiger partial charge is 0.254 e. The van der Waals surface area contributed by atoms with Crippen molar-refractivity contribution >= 4 is 17.5 Å². The molecule has 3 rings (SSSR count). The summed E-state index contributed by atoms with van der Waals surface area (Å²) in [5.41, 5.74) is 0.683. The van der Waals surface area contributed by atoms with Crippen LogP contribution in [0.4, 0.5) is 14.5 Å². The van der Waals surface area contributed by atoms with Crippen LogP contribution in [-0.4, -0.2) is 29.3 Å². The second-order valence-electron chi connectivity index (χ2n) is 5.64. The third-order valence-electron chi connectivity index (χ3n) is 4.02. The number of likely N-dealkylation sites (tertiary alicyclic amines) is 1. The quantitative estimate of drug-likeness (QED) is 0.939. The summed E-state index contributed by atoms with van der Waals surface area (Å²) >= 11 is 0. The van der Waals surface area contributed by atoms with Gasteiger partial charge in [0.15, 0.2) is 11.6 Å². The lowest BCUT2D eigenvalue weighted by Crippen LogP contribution is -2.43. The molecular weight excluding hydrogens is 314 g/mol. The molecule has 2 amide bonds. The van der Waals surface area contributed by atoms with Gasteiger partial charge in [-0.2, -0.15) is 0 Å². The molecular formula is C18H16F2N2O2. The fourth-order valence-corrected chi connectivity index (χ4v) is 2.83. The first-order valence-corrected chi connectivity index (χ1v) is 7.68. The normalized spacial score (nSPS) is 16.9. The minimum absolute atomic E-state index is 0.165. The number of anilines is 1. The molecule has 24 heavy (non-hydrogen) atoms. The van der Waals surface area contributed by atoms with E-state index >= 15 is 0 Å². The SMILES string of the molecule is O=C(Nc1ccc(F)c(F)c1)[C@@H]1CCCN1C(=O)c1ccccc1. The summed E-state index contributed by atoms with van der Waals surface area (Å²) < 4.78 is 26.2. The number of carbonyl (C=O) groups is 2. The number of hydrogen-bond acceptors (Lipinski definition) is 2. The van der Waals surface area contributed by atoms with Crippen molar-refractivity contribution in [3.05, 3.63) is 65.7 Å². The number of benzene rings is 2. The molecule has 1 saturated heterocycles. The Labute approximate surface area is 138 Å². The Bertz CT molecular complexity index is 765. The van der Waals surface area contributed by atoms with E-state index in [-0.39, 0.29) is 11.6 Å². The van der Waals surface area contributed by atoms with Crippen LogP contribution in [0, 0.1) is 11.6 Å². The average Bonchev–Trinajstić information content (AvgIpc) is 3.08. The van der Waals surface area contributed by atoms with Gasteiger partial charge in [0.2, 0.25) is 5.91 Å². The first-order valence-electron chi connectivity index (χ1n) is 7.68. The predicted octanol–water partition coefficient (Wildman–Crippen LogP) is 3.21. The molecule has 124 valence electrons. The molecule has 0 aliphatic carbocycles. The van der Waals surface area contributed by atoms with Crippen molar-refractivity contribution in [1.82, 2.24) is 4.90 Å². The van der Waals surface area contributed by atoms with E-state index in [0.717, 1.165) is 12.1 Å². The van der Waals surface area contributed by atoms with Crippen LogP contribution in [0.1, 0.15) is 23.2 Å². The Morgan fingerprint density at radius 1 is 1.04 bits per heavy atom. The van der Waals surface area contributed by atoms with Gasteiger partial charge >= 0.3 is 0 Å². The van der Waals surface area contributed by atoms with E-state index in [9.17, 15) is 18.4 Å². The second kappa shape index (κ2) is 6.78. The molecule has 0 aromatic heterocycles. The van der Waals surface area contributed by atoms with Crippen LogP contribution in [0.2, 0.25) is 0 Å². The van der Waals surface area contributed by atoms with Crippen LogP contribution in [-0.2, 0) is 4.79 Å². The Balaban J connectivity index is 1.74. The monoisotopic (exact) mass is 330 g/mol. The summed E-state index contributed by atoms with van der Waals surface area (Å²) in [5, 5.41) is 2.55. The first kappa shape index (κ1) is 16.1. The highest BCUT2D eigenvalue weighted by molar-refractivity contribution is 6.01. The molecule has 0 spiro atoms. The van der Waals surface area contributed by atoms with Gasteiger partial charge in [0.25, 0.3) is 5.91 Å². The van der Waals surface area contributed by atoms with Crippen molar-refractivity contribution in [2.24, 2.45) is 0 Å². The van der Waals surface area contributed by atoms with Crippen LogP contribution in [0.5, 0.6) is 0 Å². The van der Waals surface area contributed by atoms with Crippen LogP contribution >= 0.6 is 0 Å². The third kappa shape index (κ3) is 3.27. The molecule has 1 heterocycles. The minimum Gasteiger partial charge on any atom is -0.327 e. The summed E-state index contributed by atoms with van der Waals surface area (Å²) in [6, 6.07) is 11.3. The molecule has 0 bridgehead atoms. The van der Waals surface area contributed by atoms with Crippen molar-refractivity contribution in [3.8, 4) is 0 Å². The number of amides is 2. The number of rotatable bonds is 3.